The number of sulfonamides is 1. The molecule has 0 unspecified atom stereocenters. The molecule has 2 N–H and O–H groups in total. The Morgan fingerprint density at radius 2 is 2.11 bits per heavy atom. The van der Waals surface area contributed by atoms with Gasteiger partial charge in [-0.15, -0.1) is 4.83 Å². The Morgan fingerprint density at radius 3 is 2.63 bits per heavy atom. The van der Waals surface area contributed by atoms with E-state index < -0.39 is 20.7 Å². The molecule has 5 nitrogen and oxygen atoms in total. The molecule has 1 aromatic rings. The summed E-state index contributed by atoms with van der Waals surface area (Å²) in [6.07, 6.45) is 0.282. The molecular weight excluding hydrogens is 271 g/mol. The lowest BCUT2D eigenvalue weighted by Gasteiger charge is -2.12. The molecule has 0 amide bonds. The summed E-state index contributed by atoms with van der Waals surface area (Å²) >= 11 is 0. The van der Waals surface area contributed by atoms with Crippen LogP contribution in [0.2, 0.25) is 0 Å². The monoisotopic (exact) mass is 286 g/mol. The van der Waals surface area contributed by atoms with Crippen molar-refractivity contribution >= 4 is 10.0 Å². The van der Waals surface area contributed by atoms with Gasteiger partial charge in [-0.05, 0) is 18.2 Å². The Kier molecular flexibility index (Phi) is 5.44. The topological polar surface area (TPSA) is 69.6 Å². The van der Waals surface area contributed by atoms with Crippen LogP contribution in [0.4, 0.5) is 4.39 Å². The van der Waals surface area contributed by atoms with E-state index >= 15 is 0 Å². The predicted molar refractivity (Wildman–Crippen MR) is 69.0 cm³/mol. The third-order valence-electron chi connectivity index (χ3n) is 1.99. The molecule has 7 heteroatoms. The zero-order chi connectivity index (χ0) is 14.5. The zero-order valence-electron chi connectivity index (χ0n) is 10.6. The fourth-order valence-electron chi connectivity index (χ4n) is 1.31. The number of nitrogens with zero attached hydrogens (tertiary/aromatic N) is 1. The van der Waals surface area contributed by atoms with Crippen molar-refractivity contribution in [3.63, 3.8) is 0 Å². The largest absolute Gasteiger partial charge is 0.395 e. The van der Waals surface area contributed by atoms with E-state index in [9.17, 15) is 12.8 Å². The van der Waals surface area contributed by atoms with Crippen LogP contribution in [0.1, 0.15) is 12.0 Å². The number of hydrazine groups is 1. The smallest absolute Gasteiger partial charge is 0.256 e. The average Bonchev–Trinajstić information content (AvgIpc) is 2.27. The van der Waals surface area contributed by atoms with Crippen LogP contribution in [0.15, 0.2) is 23.1 Å². The van der Waals surface area contributed by atoms with Crippen LogP contribution in [0.5, 0.6) is 0 Å². The minimum Gasteiger partial charge on any atom is -0.395 e. The molecule has 1 rings (SSSR count). The van der Waals surface area contributed by atoms with Crippen molar-refractivity contribution in [1.29, 1.82) is 0 Å². The summed E-state index contributed by atoms with van der Waals surface area (Å²) in [5, 5.41) is 9.78. The molecule has 0 fully saturated rings. The first-order valence-corrected chi connectivity index (χ1v) is 6.94. The first-order valence-electron chi connectivity index (χ1n) is 5.46. The second-order valence-corrected chi connectivity index (χ2v) is 5.54. The van der Waals surface area contributed by atoms with Crippen LogP contribution in [-0.4, -0.2) is 39.2 Å². The Morgan fingerprint density at radius 1 is 1.42 bits per heavy atom. The summed E-state index contributed by atoms with van der Waals surface area (Å²) in [7, 11) is -0.939. The van der Waals surface area contributed by atoms with Crippen LogP contribution < -0.4 is 4.83 Å². The number of hydrogen-bond donors (Lipinski definition) is 2. The van der Waals surface area contributed by atoms with Gasteiger partial charge < -0.3 is 5.11 Å². The number of halogens is 1. The molecule has 0 atom stereocenters. The number of aliphatic hydroxyl groups excluding tert-OH is 1. The molecule has 19 heavy (non-hydrogen) atoms. The van der Waals surface area contributed by atoms with Crippen molar-refractivity contribution < 1.29 is 17.9 Å². The molecule has 0 saturated heterocycles. The Bertz CT molecular complexity index is 603. The van der Waals surface area contributed by atoms with E-state index in [1.165, 1.54) is 25.2 Å². The van der Waals surface area contributed by atoms with Crippen LogP contribution in [-0.2, 0) is 10.0 Å². The third-order valence-corrected chi connectivity index (χ3v) is 3.51. The average molecular weight is 286 g/mol. The van der Waals surface area contributed by atoms with E-state index in [0.29, 0.717) is 5.56 Å². The maximum atomic E-state index is 13.8. The maximum absolute atomic E-state index is 13.8. The van der Waals surface area contributed by atoms with E-state index in [1.54, 1.807) is 0 Å². The maximum Gasteiger partial charge on any atom is 0.256 e. The lowest BCUT2D eigenvalue weighted by molar-refractivity contribution is 0.305. The lowest BCUT2D eigenvalue weighted by atomic mass is 10.2. The summed E-state index contributed by atoms with van der Waals surface area (Å²) in [6, 6.07) is 3.62. The zero-order valence-corrected chi connectivity index (χ0v) is 11.5. The highest BCUT2D eigenvalue weighted by Gasteiger charge is 2.19. The van der Waals surface area contributed by atoms with Gasteiger partial charge in [0.25, 0.3) is 10.0 Å². The van der Waals surface area contributed by atoms with Gasteiger partial charge >= 0.3 is 0 Å². The van der Waals surface area contributed by atoms with Gasteiger partial charge in [-0.1, -0.05) is 11.8 Å². The first kappa shape index (κ1) is 15.6. The summed E-state index contributed by atoms with van der Waals surface area (Å²) in [5.41, 5.74) is 0.356. The van der Waals surface area contributed by atoms with Gasteiger partial charge in [0.05, 0.1) is 6.61 Å². The first-order chi connectivity index (χ1) is 8.86. The standard InChI is InChI=1S/C12H15FN2O3S/c1-15(2)14-19(17,18)12-7-6-10(9-11(12)13)5-3-4-8-16/h6-7,9,14,16H,4,8H2,1-2H3. The molecule has 1 aromatic carbocycles. The molecule has 0 aliphatic heterocycles. The molecular formula is C12H15FN2O3S. The number of hydrogen-bond acceptors (Lipinski definition) is 4. The van der Waals surface area contributed by atoms with Gasteiger partial charge in [0.2, 0.25) is 0 Å². The van der Waals surface area contributed by atoms with E-state index in [1.807, 2.05) is 0 Å². The van der Waals surface area contributed by atoms with Crippen LogP contribution in [0.25, 0.3) is 0 Å². The predicted octanol–water partition coefficient (Wildman–Crippen LogP) is 0.315. The molecule has 0 spiro atoms. The number of benzene rings is 1. The van der Waals surface area contributed by atoms with Gasteiger partial charge in [-0.2, -0.15) is 0 Å². The van der Waals surface area contributed by atoms with Crippen molar-refractivity contribution in [3.8, 4) is 11.8 Å². The van der Waals surface area contributed by atoms with Crippen molar-refractivity contribution in [3.05, 3.63) is 29.6 Å². The second kappa shape index (κ2) is 6.63. The minimum absolute atomic E-state index is 0.0747. The minimum atomic E-state index is -3.92. The molecule has 0 radical (unpaired) electrons. The Balaban J connectivity index is 3.05. The second-order valence-electron chi connectivity index (χ2n) is 3.91. The molecule has 0 saturated carbocycles. The van der Waals surface area contributed by atoms with Crippen molar-refractivity contribution in [2.75, 3.05) is 20.7 Å². The highest BCUT2D eigenvalue weighted by Crippen LogP contribution is 2.15. The van der Waals surface area contributed by atoms with E-state index in [0.717, 1.165) is 12.1 Å². The van der Waals surface area contributed by atoms with Crippen LogP contribution in [0.3, 0.4) is 0 Å². The molecule has 0 aliphatic rings. The molecule has 0 bridgehead atoms. The van der Waals surface area contributed by atoms with Crippen molar-refractivity contribution in [1.82, 2.24) is 9.84 Å². The summed E-state index contributed by atoms with van der Waals surface area (Å²) in [5.74, 6) is 4.39. The summed E-state index contributed by atoms with van der Waals surface area (Å²) in [6.45, 7) is -0.0747. The highest BCUT2D eigenvalue weighted by molar-refractivity contribution is 7.89. The summed E-state index contributed by atoms with van der Waals surface area (Å²) in [4.78, 5) is 1.71. The van der Waals surface area contributed by atoms with Crippen molar-refractivity contribution in [2.24, 2.45) is 0 Å². The third kappa shape index (κ3) is 4.61. The van der Waals surface area contributed by atoms with Crippen molar-refractivity contribution in [2.45, 2.75) is 11.3 Å². The fourth-order valence-corrected chi connectivity index (χ4v) is 2.45. The quantitative estimate of drug-likeness (QED) is 0.617. The van der Waals surface area contributed by atoms with Crippen LogP contribution in [0, 0.1) is 17.7 Å². The SMILES string of the molecule is CN(C)NS(=O)(=O)c1ccc(C#CCCO)cc1F. The number of nitrogens with one attached hydrogen (secondary N) is 1. The summed E-state index contributed by atoms with van der Waals surface area (Å²) < 4.78 is 37.3. The fraction of sp³-hybridized carbons (Fsp3) is 0.333. The van der Waals surface area contributed by atoms with Gasteiger partial charge in [0.1, 0.15) is 10.7 Å². The number of aliphatic hydroxyl groups is 1. The van der Waals surface area contributed by atoms with Gasteiger partial charge in [-0.25, -0.2) is 17.8 Å². The normalized spacial score (nSPS) is 11.2. The highest BCUT2D eigenvalue weighted by atomic mass is 32.2. The Hall–Kier alpha value is -1.46. The lowest BCUT2D eigenvalue weighted by Crippen LogP contribution is -2.36. The number of rotatable bonds is 4. The molecule has 0 aromatic heterocycles. The Labute approximate surface area is 112 Å². The van der Waals surface area contributed by atoms with E-state index in [-0.39, 0.29) is 13.0 Å². The molecule has 0 heterocycles. The van der Waals surface area contributed by atoms with Gasteiger partial charge in [-0.3, -0.25) is 0 Å². The van der Waals surface area contributed by atoms with Gasteiger partial charge in [0, 0.05) is 26.1 Å². The molecule has 0 aliphatic carbocycles. The van der Waals surface area contributed by atoms with E-state index in [2.05, 4.69) is 16.7 Å². The molecule has 104 valence electrons. The van der Waals surface area contributed by atoms with E-state index in [4.69, 9.17) is 5.11 Å². The van der Waals surface area contributed by atoms with Gasteiger partial charge in [0.15, 0.2) is 0 Å². The van der Waals surface area contributed by atoms with Crippen LogP contribution >= 0.6 is 0 Å².